The van der Waals surface area contributed by atoms with Crippen LogP contribution in [0, 0.1) is 6.92 Å². The first-order valence-electron chi connectivity index (χ1n) is 5.84. The molecule has 4 nitrogen and oxygen atoms in total. The lowest BCUT2D eigenvalue weighted by atomic mass is 10.1. The molecule has 0 unspecified atom stereocenters. The zero-order chi connectivity index (χ0) is 13.4. The maximum atomic E-state index is 6.04. The molecule has 0 aliphatic carbocycles. The second-order valence-corrected chi connectivity index (χ2v) is 4.71. The molecule has 5 heteroatoms. The molecule has 0 bridgehead atoms. The maximum Gasteiger partial charge on any atom is 0.215 e. The summed E-state index contributed by atoms with van der Waals surface area (Å²) in [4.78, 5) is 12.0. The van der Waals surface area contributed by atoms with Crippen molar-refractivity contribution in [1.82, 2.24) is 15.0 Å². The number of fused-ring (bicyclic) bond motifs is 1. The van der Waals surface area contributed by atoms with Gasteiger partial charge in [-0.15, -0.1) is 0 Å². The molecule has 1 aromatic carbocycles. The number of aromatic nitrogens is 3. The molecular formula is C14H12ClN3O. The second kappa shape index (κ2) is 4.55. The highest BCUT2D eigenvalue weighted by Gasteiger charge is 2.10. The summed E-state index contributed by atoms with van der Waals surface area (Å²) in [5, 5.41) is 0.687. The molecule has 3 rings (SSSR count). The van der Waals surface area contributed by atoms with Crippen molar-refractivity contribution in [3.63, 3.8) is 0 Å². The fourth-order valence-corrected chi connectivity index (χ4v) is 2.14. The Kier molecular flexibility index (Phi) is 2.87. The van der Waals surface area contributed by atoms with E-state index in [1.54, 1.807) is 13.2 Å². The summed E-state index contributed by atoms with van der Waals surface area (Å²) in [7, 11) is 1.59. The van der Waals surface area contributed by atoms with Crippen molar-refractivity contribution in [3.8, 4) is 17.3 Å². The van der Waals surface area contributed by atoms with Gasteiger partial charge in [0, 0.05) is 16.7 Å². The molecule has 0 spiro atoms. The molecule has 96 valence electrons. The summed E-state index contributed by atoms with van der Waals surface area (Å²) in [5.74, 6) is 1.31. The van der Waals surface area contributed by atoms with E-state index in [-0.39, 0.29) is 0 Å². The number of halogens is 1. The first kappa shape index (κ1) is 12.0. The predicted octanol–water partition coefficient (Wildman–Crippen LogP) is 3.60. The third-order valence-electron chi connectivity index (χ3n) is 2.98. The number of ether oxygens (including phenoxy) is 1. The number of benzene rings is 1. The number of pyridine rings is 1. The summed E-state index contributed by atoms with van der Waals surface area (Å²) in [5.41, 5.74) is 3.59. The molecule has 3 aromatic rings. The standard InChI is InChI=1S/C14H12ClN3O/c1-8-3-4-9(15)7-10(8)13-16-11-5-6-12(19-2)17-14(11)18-13/h3-7H,1-2H3,(H,16,17,18). The average Bonchev–Trinajstić information content (AvgIpc) is 2.83. The fraction of sp³-hybridized carbons (Fsp3) is 0.143. The van der Waals surface area contributed by atoms with E-state index in [0.717, 1.165) is 22.5 Å². The van der Waals surface area contributed by atoms with Crippen LogP contribution in [-0.2, 0) is 0 Å². The van der Waals surface area contributed by atoms with E-state index in [4.69, 9.17) is 16.3 Å². The smallest absolute Gasteiger partial charge is 0.215 e. The monoisotopic (exact) mass is 273 g/mol. The maximum absolute atomic E-state index is 6.04. The van der Waals surface area contributed by atoms with Crippen LogP contribution in [0.1, 0.15) is 5.56 Å². The molecule has 1 N–H and O–H groups in total. The Bertz CT molecular complexity index is 752. The lowest BCUT2D eigenvalue weighted by Crippen LogP contribution is -1.87. The summed E-state index contributed by atoms with van der Waals surface area (Å²) in [6, 6.07) is 9.43. The normalized spacial score (nSPS) is 10.9. The van der Waals surface area contributed by atoms with Gasteiger partial charge in [-0.1, -0.05) is 17.7 Å². The van der Waals surface area contributed by atoms with E-state index in [1.807, 2.05) is 31.2 Å². The molecule has 2 heterocycles. The van der Waals surface area contributed by atoms with Crippen molar-refractivity contribution in [2.45, 2.75) is 6.92 Å². The van der Waals surface area contributed by atoms with Gasteiger partial charge >= 0.3 is 0 Å². The number of hydrogen-bond acceptors (Lipinski definition) is 3. The van der Waals surface area contributed by atoms with Gasteiger partial charge < -0.3 is 9.72 Å². The number of imidazole rings is 1. The van der Waals surface area contributed by atoms with E-state index in [0.29, 0.717) is 16.5 Å². The number of hydrogen-bond donors (Lipinski definition) is 1. The van der Waals surface area contributed by atoms with Crippen molar-refractivity contribution >= 4 is 22.8 Å². The molecule has 0 amide bonds. The minimum Gasteiger partial charge on any atom is -0.481 e. The SMILES string of the molecule is COc1ccc2[nH]c(-c3cc(Cl)ccc3C)nc2n1. The minimum atomic E-state index is 0.549. The Balaban J connectivity index is 2.17. The van der Waals surface area contributed by atoms with Crippen LogP contribution in [0.4, 0.5) is 0 Å². The van der Waals surface area contributed by atoms with Gasteiger partial charge in [-0.2, -0.15) is 4.98 Å². The topological polar surface area (TPSA) is 50.8 Å². The molecule has 0 saturated heterocycles. The quantitative estimate of drug-likeness (QED) is 0.776. The van der Waals surface area contributed by atoms with Gasteiger partial charge in [0.15, 0.2) is 5.65 Å². The molecule has 0 radical (unpaired) electrons. The first-order chi connectivity index (χ1) is 9.17. The minimum absolute atomic E-state index is 0.549. The van der Waals surface area contributed by atoms with E-state index in [9.17, 15) is 0 Å². The average molecular weight is 274 g/mol. The number of nitrogens with zero attached hydrogens (tertiary/aromatic N) is 2. The molecule has 0 aliphatic rings. The molecule has 0 aliphatic heterocycles. The number of rotatable bonds is 2. The van der Waals surface area contributed by atoms with Gasteiger partial charge in [0.05, 0.1) is 12.6 Å². The Morgan fingerprint density at radius 2 is 2.00 bits per heavy atom. The highest BCUT2D eigenvalue weighted by molar-refractivity contribution is 6.30. The number of aromatic amines is 1. The van der Waals surface area contributed by atoms with Gasteiger partial charge in [0.2, 0.25) is 5.88 Å². The van der Waals surface area contributed by atoms with E-state index >= 15 is 0 Å². The summed E-state index contributed by atoms with van der Waals surface area (Å²) < 4.78 is 5.09. The lowest BCUT2D eigenvalue weighted by molar-refractivity contribution is 0.399. The lowest BCUT2D eigenvalue weighted by Gasteiger charge is -2.02. The zero-order valence-electron chi connectivity index (χ0n) is 10.6. The van der Waals surface area contributed by atoms with Crippen LogP contribution >= 0.6 is 11.6 Å². The molecule has 0 fully saturated rings. The second-order valence-electron chi connectivity index (χ2n) is 4.27. The summed E-state index contributed by atoms with van der Waals surface area (Å²) >= 11 is 6.04. The number of aryl methyl sites for hydroxylation is 1. The molecular weight excluding hydrogens is 262 g/mol. The number of methoxy groups -OCH3 is 1. The van der Waals surface area contributed by atoms with Crippen LogP contribution in [0.2, 0.25) is 5.02 Å². The van der Waals surface area contributed by atoms with Crippen molar-refractivity contribution in [2.24, 2.45) is 0 Å². The third kappa shape index (κ3) is 2.15. The molecule has 2 aromatic heterocycles. The van der Waals surface area contributed by atoms with Crippen LogP contribution in [0.3, 0.4) is 0 Å². The van der Waals surface area contributed by atoms with Gasteiger partial charge in [-0.3, -0.25) is 0 Å². The Hall–Kier alpha value is -2.07. The summed E-state index contributed by atoms with van der Waals surface area (Å²) in [6.45, 7) is 2.02. The van der Waals surface area contributed by atoms with Crippen molar-refractivity contribution in [1.29, 1.82) is 0 Å². The van der Waals surface area contributed by atoms with Crippen molar-refractivity contribution in [2.75, 3.05) is 7.11 Å². The number of nitrogens with one attached hydrogen (secondary N) is 1. The van der Waals surface area contributed by atoms with Crippen LogP contribution in [0.15, 0.2) is 30.3 Å². The van der Waals surface area contributed by atoms with Crippen molar-refractivity contribution < 1.29 is 4.74 Å². The molecule has 0 saturated carbocycles. The van der Waals surface area contributed by atoms with Gasteiger partial charge in [0.1, 0.15) is 5.82 Å². The fourth-order valence-electron chi connectivity index (χ4n) is 1.97. The Labute approximate surface area is 115 Å². The van der Waals surface area contributed by atoms with E-state index < -0.39 is 0 Å². The van der Waals surface area contributed by atoms with Crippen LogP contribution in [0.5, 0.6) is 5.88 Å². The van der Waals surface area contributed by atoms with Gasteiger partial charge in [0.25, 0.3) is 0 Å². The highest BCUT2D eigenvalue weighted by Crippen LogP contribution is 2.26. The van der Waals surface area contributed by atoms with E-state index in [2.05, 4.69) is 15.0 Å². The van der Waals surface area contributed by atoms with Crippen LogP contribution < -0.4 is 4.74 Å². The molecule has 19 heavy (non-hydrogen) atoms. The highest BCUT2D eigenvalue weighted by atomic mass is 35.5. The Morgan fingerprint density at radius 3 is 2.79 bits per heavy atom. The van der Waals surface area contributed by atoms with Gasteiger partial charge in [-0.05, 0) is 30.7 Å². The third-order valence-corrected chi connectivity index (χ3v) is 3.22. The Morgan fingerprint density at radius 1 is 1.16 bits per heavy atom. The summed E-state index contributed by atoms with van der Waals surface area (Å²) in [6.07, 6.45) is 0. The van der Waals surface area contributed by atoms with Gasteiger partial charge in [-0.25, -0.2) is 4.98 Å². The first-order valence-corrected chi connectivity index (χ1v) is 6.22. The van der Waals surface area contributed by atoms with Crippen molar-refractivity contribution in [3.05, 3.63) is 40.9 Å². The predicted molar refractivity (Wildman–Crippen MR) is 75.6 cm³/mol. The zero-order valence-corrected chi connectivity index (χ0v) is 11.3. The molecule has 0 atom stereocenters. The largest absolute Gasteiger partial charge is 0.481 e. The van der Waals surface area contributed by atoms with Crippen LogP contribution in [0.25, 0.3) is 22.6 Å². The number of H-pyrrole nitrogens is 1. The van der Waals surface area contributed by atoms with E-state index in [1.165, 1.54) is 0 Å². The van der Waals surface area contributed by atoms with Crippen LogP contribution in [-0.4, -0.2) is 22.1 Å².